The Balaban J connectivity index is 3.34. The van der Waals surface area contributed by atoms with Crippen LogP contribution in [-0.4, -0.2) is 14.2 Å². The smallest absolute Gasteiger partial charge is 0.166 e. The Kier molecular flexibility index (Phi) is 4.31. The number of hydrogen-bond acceptors (Lipinski definition) is 4. The van der Waals surface area contributed by atoms with Gasteiger partial charge in [-0.2, -0.15) is 0 Å². The van der Waals surface area contributed by atoms with Crippen molar-refractivity contribution in [2.75, 3.05) is 14.2 Å². The molecule has 2 N–H and O–H groups in total. The average molecular weight is 243 g/mol. The Morgan fingerprint density at radius 1 is 1.24 bits per heavy atom. The fourth-order valence-electron chi connectivity index (χ4n) is 1.58. The molecule has 0 amide bonds. The van der Waals surface area contributed by atoms with Crippen molar-refractivity contribution in [3.05, 3.63) is 23.3 Å². The number of benzene rings is 1. The maximum Gasteiger partial charge on any atom is 0.166 e. The molecule has 0 aliphatic carbocycles. The number of hydrogen-bond donors (Lipinski definition) is 1. The van der Waals surface area contributed by atoms with Crippen molar-refractivity contribution >= 4 is 0 Å². The van der Waals surface area contributed by atoms with Gasteiger partial charge in [0.2, 0.25) is 0 Å². The summed E-state index contributed by atoms with van der Waals surface area (Å²) in [4.78, 5) is 4.58. The third kappa shape index (κ3) is 3.08. The molecule has 0 bridgehead atoms. The molecule has 4 nitrogen and oxygen atoms in total. The van der Waals surface area contributed by atoms with Crippen LogP contribution in [0.2, 0.25) is 0 Å². The van der Waals surface area contributed by atoms with Gasteiger partial charge in [-0.25, -0.2) is 10.3 Å². The zero-order chi connectivity index (χ0) is 13.1. The minimum absolute atomic E-state index is 0.128. The van der Waals surface area contributed by atoms with Gasteiger partial charge in [0.1, 0.15) is 5.67 Å². The van der Waals surface area contributed by atoms with E-state index in [0.717, 1.165) is 0 Å². The van der Waals surface area contributed by atoms with Crippen molar-refractivity contribution in [2.24, 2.45) is 5.90 Å². The van der Waals surface area contributed by atoms with Crippen LogP contribution in [0.1, 0.15) is 25.0 Å². The maximum absolute atomic E-state index is 13.9. The van der Waals surface area contributed by atoms with Gasteiger partial charge in [-0.15, -0.1) is 0 Å². The van der Waals surface area contributed by atoms with E-state index in [0.29, 0.717) is 22.6 Å². The van der Waals surface area contributed by atoms with Crippen LogP contribution in [0.15, 0.2) is 12.1 Å². The van der Waals surface area contributed by atoms with E-state index >= 15 is 0 Å². The van der Waals surface area contributed by atoms with Crippen LogP contribution in [0.25, 0.3) is 0 Å². The summed E-state index contributed by atoms with van der Waals surface area (Å²) in [5, 5.41) is 0. The lowest BCUT2D eigenvalue weighted by molar-refractivity contribution is 0.121. The van der Waals surface area contributed by atoms with Gasteiger partial charge in [-0.3, -0.25) is 4.84 Å². The summed E-state index contributed by atoms with van der Waals surface area (Å²) in [6.45, 7) is 3.08. The van der Waals surface area contributed by atoms with Gasteiger partial charge in [0.25, 0.3) is 0 Å². The fourth-order valence-corrected chi connectivity index (χ4v) is 1.58. The quantitative estimate of drug-likeness (QED) is 0.806. The summed E-state index contributed by atoms with van der Waals surface area (Å²) in [5.74, 6) is 6.01. The molecular formula is C12H18FNO3. The van der Waals surface area contributed by atoms with Gasteiger partial charge < -0.3 is 9.47 Å². The largest absolute Gasteiger partial charge is 0.493 e. The third-order valence-corrected chi connectivity index (χ3v) is 2.48. The zero-order valence-electron chi connectivity index (χ0n) is 10.5. The number of ether oxygens (including phenoxy) is 2. The van der Waals surface area contributed by atoms with Crippen LogP contribution >= 0.6 is 0 Å². The Hall–Kier alpha value is -1.33. The van der Waals surface area contributed by atoms with Crippen LogP contribution < -0.4 is 15.4 Å². The second kappa shape index (κ2) is 5.33. The zero-order valence-corrected chi connectivity index (χ0v) is 10.5. The monoisotopic (exact) mass is 243 g/mol. The molecule has 0 aromatic heterocycles. The second-order valence-corrected chi connectivity index (χ2v) is 4.15. The molecule has 0 aliphatic rings. The molecule has 0 saturated heterocycles. The number of alkyl halides is 1. The summed E-state index contributed by atoms with van der Waals surface area (Å²) in [7, 11) is 3.01. The summed E-state index contributed by atoms with van der Waals surface area (Å²) in [6.07, 6.45) is 0. The highest BCUT2D eigenvalue weighted by Gasteiger charge is 2.23. The van der Waals surface area contributed by atoms with E-state index in [2.05, 4.69) is 4.84 Å². The lowest BCUT2D eigenvalue weighted by Gasteiger charge is -2.19. The Bertz CT molecular complexity index is 388. The molecule has 5 heteroatoms. The first kappa shape index (κ1) is 13.7. The molecule has 1 aromatic carbocycles. The molecule has 0 heterocycles. The van der Waals surface area contributed by atoms with E-state index in [9.17, 15) is 4.39 Å². The van der Waals surface area contributed by atoms with E-state index in [4.69, 9.17) is 15.4 Å². The van der Waals surface area contributed by atoms with Crippen LogP contribution in [0, 0.1) is 0 Å². The van der Waals surface area contributed by atoms with Crippen molar-refractivity contribution in [1.82, 2.24) is 0 Å². The van der Waals surface area contributed by atoms with Crippen LogP contribution in [0.3, 0.4) is 0 Å². The first-order valence-corrected chi connectivity index (χ1v) is 5.20. The molecule has 96 valence electrons. The number of rotatable bonds is 5. The maximum atomic E-state index is 13.9. The van der Waals surface area contributed by atoms with Crippen molar-refractivity contribution in [2.45, 2.75) is 26.1 Å². The van der Waals surface area contributed by atoms with Crippen LogP contribution in [0.5, 0.6) is 11.5 Å². The molecule has 0 saturated carbocycles. The highest BCUT2D eigenvalue weighted by atomic mass is 19.1. The lowest BCUT2D eigenvalue weighted by atomic mass is 9.97. The molecule has 0 unspecified atom stereocenters. The molecule has 1 aromatic rings. The number of nitrogens with two attached hydrogens (primary N) is 1. The summed E-state index contributed by atoms with van der Waals surface area (Å²) >= 11 is 0. The molecule has 0 spiro atoms. The van der Waals surface area contributed by atoms with Gasteiger partial charge in [-0.1, -0.05) is 0 Å². The van der Waals surface area contributed by atoms with E-state index in [1.807, 2.05) is 0 Å². The Labute approximate surface area is 100 Å². The topological polar surface area (TPSA) is 53.7 Å². The summed E-state index contributed by atoms with van der Waals surface area (Å²) in [6, 6.07) is 3.27. The van der Waals surface area contributed by atoms with Crippen molar-refractivity contribution < 1.29 is 18.7 Å². The second-order valence-electron chi connectivity index (χ2n) is 4.15. The van der Waals surface area contributed by atoms with Gasteiger partial charge >= 0.3 is 0 Å². The predicted octanol–water partition coefficient (Wildman–Crippen LogP) is 2.30. The van der Waals surface area contributed by atoms with Crippen molar-refractivity contribution in [3.8, 4) is 11.5 Å². The summed E-state index contributed by atoms with van der Waals surface area (Å²) in [5.41, 5.74) is -0.333. The minimum atomic E-state index is -1.47. The highest BCUT2D eigenvalue weighted by Crippen LogP contribution is 2.37. The first-order valence-electron chi connectivity index (χ1n) is 5.20. The van der Waals surface area contributed by atoms with Crippen molar-refractivity contribution in [1.29, 1.82) is 0 Å². The molecular weight excluding hydrogens is 225 g/mol. The highest BCUT2D eigenvalue weighted by molar-refractivity contribution is 5.50. The summed E-state index contributed by atoms with van der Waals surface area (Å²) < 4.78 is 24.3. The fraction of sp³-hybridized carbons (Fsp3) is 0.500. The van der Waals surface area contributed by atoms with Gasteiger partial charge in [0.05, 0.1) is 20.8 Å². The van der Waals surface area contributed by atoms with E-state index in [1.54, 1.807) is 12.1 Å². The van der Waals surface area contributed by atoms with Crippen LogP contribution in [-0.2, 0) is 17.1 Å². The van der Waals surface area contributed by atoms with E-state index in [1.165, 1.54) is 28.1 Å². The van der Waals surface area contributed by atoms with Crippen molar-refractivity contribution in [3.63, 3.8) is 0 Å². The first-order chi connectivity index (χ1) is 7.93. The predicted molar refractivity (Wildman–Crippen MR) is 62.7 cm³/mol. The lowest BCUT2D eigenvalue weighted by Crippen LogP contribution is -2.11. The normalized spacial score (nSPS) is 11.4. The average Bonchev–Trinajstić information content (AvgIpc) is 2.27. The van der Waals surface area contributed by atoms with E-state index in [-0.39, 0.29) is 6.61 Å². The van der Waals surface area contributed by atoms with Crippen LogP contribution in [0.4, 0.5) is 4.39 Å². The molecule has 0 radical (unpaired) electrons. The van der Waals surface area contributed by atoms with Gasteiger partial charge in [-0.05, 0) is 31.5 Å². The third-order valence-electron chi connectivity index (χ3n) is 2.48. The number of halogens is 1. The molecule has 1 rings (SSSR count). The standard InChI is InChI=1S/C12H18FNO3/c1-12(2,13)9-5-8(7-17-14)11(16-4)10(6-9)15-3/h5-6H,7,14H2,1-4H3. The Morgan fingerprint density at radius 3 is 2.29 bits per heavy atom. The number of methoxy groups -OCH3 is 2. The van der Waals surface area contributed by atoms with Gasteiger partial charge in [0, 0.05) is 5.56 Å². The molecule has 0 aliphatic heterocycles. The molecule has 17 heavy (non-hydrogen) atoms. The SMILES string of the molecule is COc1cc(C(C)(C)F)cc(CON)c1OC. The molecule has 0 atom stereocenters. The molecule has 0 fully saturated rings. The minimum Gasteiger partial charge on any atom is -0.493 e. The van der Waals surface area contributed by atoms with E-state index < -0.39 is 5.67 Å². The van der Waals surface area contributed by atoms with Gasteiger partial charge in [0.15, 0.2) is 11.5 Å². The Morgan fingerprint density at radius 2 is 1.88 bits per heavy atom.